The lowest BCUT2D eigenvalue weighted by Crippen LogP contribution is -1.95. The molecule has 0 spiro atoms. The number of allylic oxidation sites excluding steroid dienone is 3. The number of rotatable bonds is 5. The van der Waals surface area contributed by atoms with E-state index in [0.717, 1.165) is 17.9 Å². The van der Waals surface area contributed by atoms with Crippen LogP contribution in [0.25, 0.3) is 11.6 Å². The number of hydrogen-bond acceptors (Lipinski definition) is 0. The van der Waals surface area contributed by atoms with Crippen molar-refractivity contribution in [1.29, 1.82) is 0 Å². The van der Waals surface area contributed by atoms with Crippen molar-refractivity contribution in [1.82, 2.24) is 0 Å². The van der Waals surface area contributed by atoms with Gasteiger partial charge in [0.25, 0.3) is 0 Å². The van der Waals surface area contributed by atoms with Crippen LogP contribution >= 0.6 is 0 Å². The number of benzene rings is 2. The Morgan fingerprint density at radius 2 is 1.48 bits per heavy atom. The fourth-order valence-corrected chi connectivity index (χ4v) is 3.05. The molecular formula is C33H50. The van der Waals surface area contributed by atoms with E-state index in [0.29, 0.717) is 0 Å². The molecule has 2 rings (SSSR count). The van der Waals surface area contributed by atoms with Gasteiger partial charge in [-0.05, 0) is 87.3 Å². The third-order valence-electron chi connectivity index (χ3n) is 5.11. The molecule has 0 unspecified atom stereocenters. The summed E-state index contributed by atoms with van der Waals surface area (Å²) in [5, 5.41) is 0. The zero-order valence-electron chi connectivity index (χ0n) is 23.5. The van der Waals surface area contributed by atoms with E-state index in [9.17, 15) is 0 Å². The highest BCUT2D eigenvalue weighted by Gasteiger charge is 2.03. The molecule has 182 valence electrons. The quantitative estimate of drug-likeness (QED) is 0.316. The van der Waals surface area contributed by atoms with Crippen LogP contribution in [0.3, 0.4) is 0 Å². The highest BCUT2D eigenvalue weighted by Crippen LogP contribution is 2.19. The lowest BCUT2D eigenvalue weighted by molar-refractivity contribution is 0.626. The first kappa shape index (κ1) is 32.6. The highest BCUT2D eigenvalue weighted by atomic mass is 14.1. The predicted molar refractivity (Wildman–Crippen MR) is 155 cm³/mol. The summed E-state index contributed by atoms with van der Waals surface area (Å²) in [5.41, 5.74) is 13.2. The molecule has 2 aromatic carbocycles. The summed E-state index contributed by atoms with van der Waals surface area (Å²) in [5.74, 6) is 0.884. The Morgan fingerprint density at radius 1 is 1.00 bits per heavy atom. The first-order valence-corrected chi connectivity index (χ1v) is 12.4. The molecule has 0 heteroatoms. The van der Waals surface area contributed by atoms with Crippen LogP contribution in [0, 0.1) is 26.7 Å². The third-order valence-corrected chi connectivity index (χ3v) is 5.11. The Bertz CT molecular complexity index is 876. The number of hydrogen-bond donors (Lipinski definition) is 0. The zero-order chi connectivity index (χ0) is 26.0. The minimum atomic E-state index is 0.884. The van der Waals surface area contributed by atoms with Crippen molar-refractivity contribution in [3.8, 4) is 0 Å². The van der Waals surface area contributed by atoms with Gasteiger partial charge in [0.1, 0.15) is 0 Å². The van der Waals surface area contributed by atoms with Crippen LogP contribution in [0.5, 0.6) is 0 Å². The Morgan fingerprint density at radius 3 is 1.88 bits per heavy atom. The van der Waals surface area contributed by atoms with Crippen LogP contribution in [0.15, 0.2) is 66.9 Å². The summed E-state index contributed by atoms with van der Waals surface area (Å²) in [7, 11) is 0. The normalized spacial score (nSPS) is 9.58. The molecule has 33 heavy (non-hydrogen) atoms. The highest BCUT2D eigenvalue weighted by molar-refractivity contribution is 5.72. The Labute approximate surface area is 206 Å². The van der Waals surface area contributed by atoms with Crippen LogP contribution < -0.4 is 0 Å². The molecule has 2 aromatic rings. The van der Waals surface area contributed by atoms with Crippen molar-refractivity contribution in [2.75, 3.05) is 0 Å². The van der Waals surface area contributed by atoms with E-state index >= 15 is 0 Å². The van der Waals surface area contributed by atoms with Gasteiger partial charge in [0.05, 0.1) is 0 Å². The maximum atomic E-state index is 3.96. The van der Waals surface area contributed by atoms with Gasteiger partial charge in [0.15, 0.2) is 0 Å². The fourth-order valence-electron chi connectivity index (χ4n) is 3.05. The van der Waals surface area contributed by atoms with Crippen molar-refractivity contribution in [2.45, 2.75) is 89.0 Å². The minimum absolute atomic E-state index is 0.884. The maximum absolute atomic E-state index is 3.96. The Balaban J connectivity index is 0. The van der Waals surface area contributed by atoms with E-state index in [-0.39, 0.29) is 0 Å². The summed E-state index contributed by atoms with van der Waals surface area (Å²) in [6, 6.07) is 12.7. The molecule has 0 N–H and O–H groups in total. The molecule has 0 aliphatic carbocycles. The topological polar surface area (TPSA) is 0 Å². The van der Waals surface area contributed by atoms with E-state index in [1.807, 2.05) is 45.9 Å². The van der Waals surface area contributed by atoms with Crippen molar-refractivity contribution < 1.29 is 0 Å². The molecule has 0 atom stereocenters. The second-order valence-electron chi connectivity index (χ2n) is 8.70. The van der Waals surface area contributed by atoms with Crippen LogP contribution in [-0.4, -0.2) is 0 Å². The van der Waals surface area contributed by atoms with E-state index in [1.165, 1.54) is 45.4 Å². The molecule has 0 aromatic heterocycles. The fraction of sp³-hybridized carbons (Fsp3) is 0.424. The monoisotopic (exact) mass is 446 g/mol. The molecule has 0 amide bonds. The summed E-state index contributed by atoms with van der Waals surface area (Å²) in [6.45, 7) is 30.9. The van der Waals surface area contributed by atoms with Gasteiger partial charge in [-0.2, -0.15) is 0 Å². The summed E-state index contributed by atoms with van der Waals surface area (Å²) in [4.78, 5) is 0. The lowest BCUT2D eigenvalue weighted by Gasteiger charge is -2.10. The van der Waals surface area contributed by atoms with Crippen LogP contribution in [0.4, 0.5) is 0 Å². The van der Waals surface area contributed by atoms with E-state index in [2.05, 4.69) is 97.7 Å². The summed E-state index contributed by atoms with van der Waals surface area (Å²) in [6.07, 6.45) is 6.45. The molecule has 0 aliphatic heterocycles. The first-order valence-electron chi connectivity index (χ1n) is 12.4. The molecule has 0 saturated heterocycles. The molecule has 0 bridgehead atoms. The smallest absolute Gasteiger partial charge is 0.00192 e. The molecule has 0 saturated carbocycles. The van der Waals surface area contributed by atoms with Crippen molar-refractivity contribution >= 4 is 11.6 Å². The first-order chi connectivity index (χ1) is 15.6. The van der Waals surface area contributed by atoms with Gasteiger partial charge < -0.3 is 0 Å². The van der Waals surface area contributed by atoms with Gasteiger partial charge in [0.2, 0.25) is 0 Å². The molecule has 0 heterocycles. The summed E-state index contributed by atoms with van der Waals surface area (Å²) >= 11 is 0. The van der Waals surface area contributed by atoms with Gasteiger partial charge in [-0.25, -0.2) is 0 Å². The average molecular weight is 447 g/mol. The van der Waals surface area contributed by atoms with E-state index in [4.69, 9.17) is 0 Å². The standard InChI is InChI=1S/C13H18.C13H14.C5H12.C2H6/c1-9(2)6-13-11(4)7-10(3)8-12(13)5;1-4-8-12-9-6-7-10-13(12)11(3)5-2;1-4-5(2)3;1-2/h7-8H,1,6H2,2-5H3;4,6-10H,2H2,1,3H3;5H,4H2,1-3H3;1-2H3/b;8-4-;;. The molecule has 0 aliphatic rings. The zero-order valence-corrected chi connectivity index (χ0v) is 23.5. The van der Waals surface area contributed by atoms with Gasteiger partial charge in [-0.15, -0.1) is 5.73 Å². The molecular weight excluding hydrogens is 396 g/mol. The van der Waals surface area contributed by atoms with Gasteiger partial charge in [0, 0.05) is 0 Å². The van der Waals surface area contributed by atoms with Gasteiger partial charge in [-0.1, -0.05) is 114 Å². The van der Waals surface area contributed by atoms with Crippen molar-refractivity contribution in [3.63, 3.8) is 0 Å². The number of aryl methyl sites for hydroxylation is 3. The molecule has 0 nitrogen and oxygen atoms in total. The Kier molecular flexibility index (Phi) is 18.7. The minimum Gasteiger partial charge on any atom is -0.125 e. The largest absolute Gasteiger partial charge is 0.125 e. The molecule has 0 radical (unpaired) electrons. The Hall–Kier alpha value is -2.56. The lowest BCUT2D eigenvalue weighted by atomic mass is 9.95. The SMILES string of the molecule is C=C(C)Cc1c(C)cc(C)cc1C.C=C=C(C)c1ccccc1/C=C\C.CC.CCC(C)C. The third kappa shape index (κ3) is 14.3. The second kappa shape index (κ2) is 19.0. The van der Waals surface area contributed by atoms with Gasteiger partial charge in [-0.3, -0.25) is 0 Å². The maximum Gasteiger partial charge on any atom is -0.00192 e. The summed E-state index contributed by atoms with van der Waals surface area (Å²) < 4.78 is 0. The van der Waals surface area contributed by atoms with Crippen LogP contribution in [-0.2, 0) is 6.42 Å². The predicted octanol–water partition coefficient (Wildman–Crippen LogP) is 10.7. The van der Waals surface area contributed by atoms with Crippen LogP contribution in [0.2, 0.25) is 0 Å². The van der Waals surface area contributed by atoms with Crippen LogP contribution in [0.1, 0.15) is 95.2 Å². The van der Waals surface area contributed by atoms with E-state index < -0.39 is 0 Å². The molecule has 0 fully saturated rings. The average Bonchev–Trinajstić information content (AvgIpc) is 2.78. The van der Waals surface area contributed by atoms with Crippen molar-refractivity contribution in [2.24, 2.45) is 5.92 Å². The van der Waals surface area contributed by atoms with Gasteiger partial charge >= 0.3 is 0 Å². The van der Waals surface area contributed by atoms with E-state index in [1.54, 1.807) is 0 Å². The van der Waals surface area contributed by atoms with Crippen molar-refractivity contribution in [3.05, 3.63) is 100 Å². The second-order valence-corrected chi connectivity index (χ2v) is 8.70.